The van der Waals surface area contributed by atoms with E-state index >= 15 is 0 Å². The predicted molar refractivity (Wildman–Crippen MR) is 48.9 cm³/mol. The zero-order valence-electron chi connectivity index (χ0n) is 6.93. The van der Waals surface area contributed by atoms with Crippen LogP contribution in [0.3, 0.4) is 0 Å². The molecule has 0 aliphatic heterocycles. The van der Waals surface area contributed by atoms with Crippen molar-refractivity contribution in [3.8, 4) is 0 Å². The van der Waals surface area contributed by atoms with Crippen molar-refractivity contribution in [1.29, 1.82) is 0 Å². The summed E-state index contributed by atoms with van der Waals surface area (Å²) in [4.78, 5) is 0. The van der Waals surface area contributed by atoms with Crippen LogP contribution in [0.2, 0.25) is 0 Å². The van der Waals surface area contributed by atoms with Crippen molar-refractivity contribution < 1.29 is 8.78 Å². The number of hydrogen-bond acceptors (Lipinski definition) is 2. The van der Waals surface area contributed by atoms with Gasteiger partial charge in [0.2, 0.25) is 0 Å². The molecule has 13 heavy (non-hydrogen) atoms. The Labute approximate surface area is 74.8 Å². The van der Waals surface area contributed by atoms with Gasteiger partial charge >= 0.3 is 0 Å². The Kier molecular flexibility index (Phi) is 2.97. The first-order valence-electron chi connectivity index (χ1n) is 3.76. The predicted octanol–water partition coefficient (Wildman–Crippen LogP) is 1.52. The third-order valence-corrected chi connectivity index (χ3v) is 1.56. The average Bonchev–Trinajstić information content (AvgIpc) is 2.09. The Morgan fingerprint density at radius 2 is 2.00 bits per heavy atom. The minimum atomic E-state index is -0.753. The fraction of sp³-hybridized carbons (Fsp3) is 0.111. The van der Waals surface area contributed by atoms with Gasteiger partial charge < -0.3 is 11.5 Å². The monoisotopic (exact) mass is 184 g/mol. The van der Waals surface area contributed by atoms with E-state index in [4.69, 9.17) is 11.5 Å². The topological polar surface area (TPSA) is 52.0 Å². The van der Waals surface area contributed by atoms with Gasteiger partial charge in [0.05, 0.1) is 5.69 Å². The molecule has 70 valence electrons. The second-order valence-corrected chi connectivity index (χ2v) is 2.53. The van der Waals surface area contributed by atoms with E-state index in [1.165, 1.54) is 6.08 Å². The van der Waals surface area contributed by atoms with Crippen molar-refractivity contribution >= 4 is 11.8 Å². The zero-order valence-corrected chi connectivity index (χ0v) is 6.93. The fourth-order valence-corrected chi connectivity index (χ4v) is 0.938. The summed E-state index contributed by atoms with van der Waals surface area (Å²) in [5, 5.41) is 0. The summed E-state index contributed by atoms with van der Waals surface area (Å²) in [6, 6.07) is 1.90. The highest BCUT2D eigenvalue weighted by Gasteiger charge is 2.04. The lowest BCUT2D eigenvalue weighted by Gasteiger charge is -2.01. The lowest BCUT2D eigenvalue weighted by Crippen LogP contribution is -1.97. The van der Waals surface area contributed by atoms with Gasteiger partial charge in [0.1, 0.15) is 11.6 Å². The molecule has 4 heteroatoms. The Hall–Kier alpha value is -1.42. The van der Waals surface area contributed by atoms with E-state index in [2.05, 4.69) is 0 Å². The molecule has 0 radical (unpaired) electrons. The molecule has 1 aromatic rings. The molecule has 1 rings (SSSR count). The number of rotatable bonds is 2. The van der Waals surface area contributed by atoms with Gasteiger partial charge in [-0.3, -0.25) is 0 Å². The summed E-state index contributed by atoms with van der Waals surface area (Å²) in [5.74, 6) is -1.40. The molecule has 2 nitrogen and oxygen atoms in total. The summed E-state index contributed by atoms with van der Waals surface area (Å²) in [7, 11) is 0. The van der Waals surface area contributed by atoms with E-state index in [9.17, 15) is 8.78 Å². The normalized spacial score (nSPS) is 11.0. The van der Waals surface area contributed by atoms with Gasteiger partial charge in [-0.2, -0.15) is 0 Å². The third-order valence-electron chi connectivity index (χ3n) is 1.56. The van der Waals surface area contributed by atoms with Gasteiger partial charge in [-0.25, -0.2) is 8.78 Å². The number of benzene rings is 1. The van der Waals surface area contributed by atoms with E-state index in [0.717, 1.165) is 12.1 Å². The van der Waals surface area contributed by atoms with E-state index in [0.29, 0.717) is 12.1 Å². The van der Waals surface area contributed by atoms with Crippen LogP contribution in [-0.4, -0.2) is 6.54 Å². The molecule has 0 heterocycles. The Bertz CT molecular complexity index is 335. The van der Waals surface area contributed by atoms with Crippen LogP contribution in [0.4, 0.5) is 14.5 Å². The van der Waals surface area contributed by atoms with Crippen molar-refractivity contribution in [2.24, 2.45) is 5.73 Å². The third kappa shape index (κ3) is 2.26. The van der Waals surface area contributed by atoms with E-state index < -0.39 is 11.6 Å². The van der Waals surface area contributed by atoms with Crippen LogP contribution in [-0.2, 0) is 0 Å². The van der Waals surface area contributed by atoms with Gasteiger partial charge in [0, 0.05) is 18.2 Å². The number of anilines is 1. The molecule has 0 saturated carbocycles. The smallest absolute Gasteiger partial charge is 0.149 e. The van der Waals surface area contributed by atoms with E-state index in [1.54, 1.807) is 6.08 Å². The van der Waals surface area contributed by atoms with Crippen molar-refractivity contribution in [3.05, 3.63) is 35.4 Å². The lowest BCUT2D eigenvalue weighted by atomic mass is 10.1. The number of nitrogen functional groups attached to an aromatic ring is 1. The molecule has 0 aliphatic carbocycles. The Morgan fingerprint density at radius 1 is 1.31 bits per heavy atom. The van der Waals surface area contributed by atoms with Gasteiger partial charge in [-0.1, -0.05) is 12.2 Å². The second kappa shape index (κ2) is 4.00. The standard InChI is InChI=1S/C9H10F2N2/c10-7-4-6(2-1-3-12)9(13)8(11)5-7/h1-2,4-5H,3,12-13H2. The first-order valence-corrected chi connectivity index (χ1v) is 3.76. The first kappa shape index (κ1) is 9.67. The largest absolute Gasteiger partial charge is 0.396 e. The van der Waals surface area contributed by atoms with Crippen molar-refractivity contribution in [2.75, 3.05) is 12.3 Å². The number of nitrogens with two attached hydrogens (primary N) is 2. The second-order valence-electron chi connectivity index (χ2n) is 2.53. The first-order chi connectivity index (χ1) is 6.15. The molecule has 0 bridgehead atoms. The van der Waals surface area contributed by atoms with Crippen molar-refractivity contribution in [1.82, 2.24) is 0 Å². The van der Waals surface area contributed by atoms with E-state index in [1.807, 2.05) is 0 Å². The number of hydrogen-bond donors (Lipinski definition) is 2. The van der Waals surface area contributed by atoms with Crippen molar-refractivity contribution in [2.45, 2.75) is 0 Å². The molecule has 0 fully saturated rings. The van der Waals surface area contributed by atoms with Crippen LogP contribution in [0.15, 0.2) is 18.2 Å². The summed E-state index contributed by atoms with van der Waals surface area (Å²) in [6.45, 7) is 0.303. The highest BCUT2D eigenvalue weighted by Crippen LogP contribution is 2.19. The highest BCUT2D eigenvalue weighted by atomic mass is 19.1. The molecular weight excluding hydrogens is 174 g/mol. The fourth-order valence-electron chi connectivity index (χ4n) is 0.938. The maximum atomic E-state index is 12.8. The molecule has 0 spiro atoms. The van der Waals surface area contributed by atoms with Crippen molar-refractivity contribution in [3.63, 3.8) is 0 Å². The van der Waals surface area contributed by atoms with Gasteiger partial charge in [-0.15, -0.1) is 0 Å². The lowest BCUT2D eigenvalue weighted by molar-refractivity contribution is 0.586. The maximum absolute atomic E-state index is 12.8. The molecule has 0 saturated heterocycles. The highest BCUT2D eigenvalue weighted by molar-refractivity contribution is 5.64. The van der Waals surface area contributed by atoms with Gasteiger partial charge in [-0.05, 0) is 6.07 Å². The SMILES string of the molecule is NCC=Cc1cc(F)cc(F)c1N. The van der Waals surface area contributed by atoms with Crippen LogP contribution < -0.4 is 11.5 Å². The zero-order chi connectivity index (χ0) is 9.84. The molecule has 0 amide bonds. The Balaban J connectivity index is 3.12. The van der Waals surface area contributed by atoms with Crippen LogP contribution in [0, 0.1) is 11.6 Å². The van der Waals surface area contributed by atoms with Crippen LogP contribution in [0.1, 0.15) is 5.56 Å². The van der Waals surface area contributed by atoms with Crippen LogP contribution in [0.25, 0.3) is 6.08 Å². The molecule has 0 unspecified atom stereocenters. The molecule has 0 aromatic heterocycles. The molecule has 0 aliphatic rings. The van der Waals surface area contributed by atoms with Gasteiger partial charge in [0.25, 0.3) is 0 Å². The maximum Gasteiger partial charge on any atom is 0.149 e. The quantitative estimate of drug-likeness (QED) is 0.684. The molecule has 4 N–H and O–H groups in total. The average molecular weight is 184 g/mol. The minimum Gasteiger partial charge on any atom is -0.396 e. The van der Waals surface area contributed by atoms with Crippen LogP contribution in [0.5, 0.6) is 0 Å². The molecule has 0 atom stereocenters. The molecular formula is C9H10F2N2. The van der Waals surface area contributed by atoms with Gasteiger partial charge in [0.15, 0.2) is 0 Å². The summed E-state index contributed by atoms with van der Waals surface area (Å²) >= 11 is 0. The summed E-state index contributed by atoms with van der Waals surface area (Å²) < 4.78 is 25.5. The van der Waals surface area contributed by atoms with Crippen LogP contribution >= 0.6 is 0 Å². The van der Waals surface area contributed by atoms with E-state index in [-0.39, 0.29) is 5.69 Å². The summed E-state index contributed by atoms with van der Waals surface area (Å²) in [6.07, 6.45) is 3.06. The Morgan fingerprint density at radius 3 is 2.62 bits per heavy atom. The molecule has 1 aromatic carbocycles. The minimum absolute atomic E-state index is 0.0638. The number of halogens is 2. The summed E-state index contributed by atoms with van der Waals surface area (Å²) in [5.41, 5.74) is 10.8.